The van der Waals surface area contributed by atoms with Gasteiger partial charge in [-0.05, 0) is 39.8 Å². The Morgan fingerprint density at radius 3 is 2.57 bits per heavy atom. The summed E-state index contributed by atoms with van der Waals surface area (Å²) in [5.74, 6) is 1.39. The van der Waals surface area contributed by atoms with E-state index in [0.717, 1.165) is 36.7 Å². The second-order valence-corrected chi connectivity index (χ2v) is 5.42. The molecule has 23 heavy (non-hydrogen) atoms. The minimum Gasteiger partial charge on any atom is -0.360 e. The van der Waals surface area contributed by atoms with Crippen LogP contribution in [0.3, 0.4) is 0 Å². The molecule has 2 rings (SSSR count). The van der Waals surface area contributed by atoms with E-state index in [1.165, 1.54) is 0 Å². The summed E-state index contributed by atoms with van der Waals surface area (Å²) in [5, 5.41) is 10.2. The van der Waals surface area contributed by atoms with Crippen LogP contribution in [0.5, 0.6) is 0 Å². The van der Waals surface area contributed by atoms with Crippen molar-refractivity contribution in [1.29, 1.82) is 0 Å². The molecule has 6 nitrogen and oxygen atoms in total. The SMILES string of the molecule is CCCNCCNC(=O)c1cc(C)n(-c2cc(C)on2)c1C.Cl. The van der Waals surface area contributed by atoms with E-state index in [4.69, 9.17) is 4.52 Å². The van der Waals surface area contributed by atoms with Crippen LogP contribution < -0.4 is 10.6 Å². The van der Waals surface area contributed by atoms with Crippen LogP contribution in [0.25, 0.3) is 5.82 Å². The van der Waals surface area contributed by atoms with Gasteiger partial charge in [0, 0.05) is 30.5 Å². The smallest absolute Gasteiger partial charge is 0.253 e. The summed E-state index contributed by atoms with van der Waals surface area (Å²) in [4.78, 5) is 12.3. The van der Waals surface area contributed by atoms with Crippen LogP contribution in [0.1, 0.15) is 40.9 Å². The fourth-order valence-corrected chi connectivity index (χ4v) is 2.47. The highest BCUT2D eigenvalue weighted by Crippen LogP contribution is 2.20. The topological polar surface area (TPSA) is 72.1 Å². The van der Waals surface area contributed by atoms with Gasteiger partial charge in [0.2, 0.25) is 0 Å². The van der Waals surface area contributed by atoms with Gasteiger partial charge in [-0.15, -0.1) is 12.4 Å². The Balaban J connectivity index is 0.00000264. The summed E-state index contributed by atoms with van der Waals surface area (Å²) in [6, 6.07) is 3.74. The first-order chi connectivity index (χ1) is 10.5. The van der Waals surface area contributed by atoms with E-state index >= 15 is 0 Å². The zero-order valence-electron chi connectivity index (χ0n) is 14.1. The van der Waals surface area contributed by atoms with Crippen LogP contribution in [-0.2, 0) is 0 Å². The maximum Gasteiger partial charge on any atom is 0.253 e. The van der Waals surface area contributed by atoms with Crippen LogP contribution in [0.2, 0.25) is 0 Å². The Bertz CT molecular complexity index is 649. The molecule has 0 atom stereocenters. The highest BCUT2D eigenvalue weighted by Gasteiger charge is 2.17. The average molecular weight is 341 g/mol. The van der Waals surface area contributed by atoms with E-state index in [-0.39, 0.29) is 18.3 Å². The second kappa shape index (κ2) is 8.74. The quantitative estimate of drug-likeness (QED) is 0.760. The highest BCUT2D eigenvalue weighted by molar-refractivity contribution is 5.95. The minimum absolute atomic E-state index is 0. The summed E-state index contributed by atoms with van der Waals surface area (Å²) >= 11 is 0. The number of amides is 1. The number of nitrogens with one attached hydrogen (secondary N) is 2. The first-order valence-electron chi connectivity index (χ1n) is 7.66. The number of carbonyl (C=O) groups excluding carboxylic acids is 1. The molecule has 0 unspecified atom stereocenters. The molecule has 2 N–H and O–H groups in total. The third-order valence-corrected chi connectivity index (χ3v) is 3.53. The average Bonchev–Trinajstić information content (AvgIpc) is 3.02. The number of rotatable bonds is 7. The molecule has 1 amide bonds. The third kappa shape index (κ3) is 4.59. The molecule has 0 saturated carbocycles. The van der Waals surface area contributed by atoms with Crippen molar-refractivity contribution < 1.29 is 9.32 Å². The molecule has 0 aromatic carbocycles. The lowest BCUT2D eigenvalue weighted by atomic mass is 10.2. The Labute approximate surface area is 143 Å². The number of aryl methyl sites for hydroxylation is 2. The summed E-state index contributed by atoms with van der Waals surface area (Å²) in [5.41, 5.74) is 2.50. The molecule has 0 aliphatic rings. The molecule has 0 radical (unpaired) electrons. The van der Waals surface area contributed by atoms with Gasteiger partial charge in [0.25, 0.3) is 5.91 Å². The van der Waals surface area contributed by atoms with E-state index in [0.29, 0.717) is 17.9 Å². The Kier molecular flexibility index (Phi) is 7.32. The first-order valence-corrected chi connectivity index (χ1v) is 7.66. The number of hydrogen-bond donors (Lipinski definition) is 2. The molecule has 0 spiro atoms. The molecule has 7 heteroatoms. The molecule has 0 fully saturated rings. The fourth-order valence-electron chi connectivity index (χ4n) is 2.47. The van der Waals surface area contributed by atoms with Crippen LogP contribution in [0, 0.1) is 20.8 Å². The van der Waals surface area contributed by atoms with Crippen molar-refractivity contribution in [3.8, 4) is 5.82 Å². The number of halogens is 1. The molecule has 0 bridgehead atoms. The van der Waals surface area contributed by atoms with Crippen molar-refractivity contribution in [2.24, 2.45) is 0 Å². The van der Waals surface area contributed by atoms with Gasteiger partial charge in [0.1, 0.15) is 5.76 Å². The van der Waals surface area contributed by atoms with Crippen molar-refractivity contribution in [3.05, 3.63) is 34.8 Å². The van der Waals surface area contributed by atoms with Crippen molar-refractivity contribution in [2.45, 2.75) is 34.1 Å². The zero-order chi connectivity index (χ0) is 16.1. The highest BCUT2D eigenvalue weighted by atomic mass is 35.5. The Hall–Kier alpha value is -1.79. The van der Waals surface area contributed by atoms with Crippen molar-refractivity contribution in [2.75, 3.05) is 19.6 Å². The Morgan fingerprint density at radius 1 is 1.22 bits per heavy atom. The lowest BCUT2D eigenvalue weighted by Crippen LogP contribution is -2.32. The van der Waals surface area contributed by atoms with E-state index < -0.39 is 0 Å². The number of hydrogen-bond acceptors (Lipinski definition) is 4. The summed E-state index contributed by atoms with van der Waals surface area (Å²) in [6.45, 7) is 10.2. The maximum atomic E-state index is 12.3. The largest absolute Gasteiger partial charge is 0.360 e. The molecule has 2 aromatic heterocycles. The third-order valence-electron chi connectivity index (χ3n) is 3.53. The van der Waals surface area contributed by atoms with E-state index in [1.54, 1.807) is 0 Å². The van der Waals surface area contributed by atoms with Gasteiger partial charge in [-0.2, -0.15) is 0 Å². The van der Waals surface area contributed by atoms with Gasteiger partial charge >= 0.3 is 0 Å². The summed E-state index contributed by atoms with van der Waals surface area (Å²) in [7, 11) is 0. The first kappa shape index (κ1) is 19.3. The molecular formula is C16H25ClN4O2. The number of carbonyl (C=O) groups is 1. The molecule has 0 aliphatic carbocycles. The maximum absolute atomic E-state index is 12.3. The van der Waals surface area contributed by atoms with Gasteiger partial charge < -0.3 is 15.2 Å². The normalized spacial score (nSPS) is 10.4. The standard InChI is InChI=1S/C16H24N4O2.ClH/c1-5-6-17-7-8-18-16(21)14-9-11(2)20(13(14)4)15-10-12(3)22-19-15;/h9-10,17H,5-8H2,1-4H3,(H,18,21);1H. The summed E-state index contributed by atoms with van der Waals surface area (Å²) < 4.78 is 7.05. The van der Waals surface area contributed by atoms with Crippen LogP contribution in [-0.4, -0.2) is 35.3 Å². The fraction of sp³-hybridized carbons (Fsp3) is 0.500. The van der Waals surface area contributed by atoms with Gasteiger partial charge in [0.15, 0.2) is 5.82 Å². The zero-order valence-corrected chi connectivity index (χ0v) is 14.9. The minimum atomic E-state index is -0.0575. The van der Waals surface area contributed by atoms with Gasteiger partial charge in [-0.25, -0.2) is 0 Å². The molecule has 0 aliphatic heterocycles. The van der Waals surface area contributed by atoms with Crippen molar-refractivity contribution >= 4 is 18.3 Å². The number of nitrogens with zero attached hydrogens (tertiary/aromatic N) is 2. The van der Waals surface area contributed by atoms with E-state index in [9.17, 15) is 4.79 Å². The van der Waals surface area contributed by atoms with Crippen LogP contribution in [0.15, 0.2) is 16.7 Å². The predicted molar refractivity (Wildman–Crippen MR) is 92.8 cm³/mol. The Morgan fingerprint density at radius 2 is 1.96 bits per heavy atom. The summed E-state index contributed by atoms with van der Waals surface area (Å²) in [6.07, 6.45) is 1.09. The van der Waals surface area contributed by atoms with Gasteiger partial charge in [0.05, 0.1) is 5.56 Å². The monoisotopic (exact) mass is 340 g/mol. The predicted octanol–water partition coefficient (Wildman–Crippen LogP) is 2.54. The van der Waals surface area contributed by atoms with Gasteiger partial charge in [-0.3, -0.25) is 9.36 Å². The molecular weight excluding hydrogens is 316 g/mol. The van der Waals surface area contributed by atoms with Gasteiger partial charge in [-0.1, -0.05) is 12.1 Å². The lowest BCUT2D eigenvalue weighted by Gasteiger charge is -2.07. The molecule has 2 aromatic rings. The molecule has 0 saturated heterocycles. The van der Waals surface area contributed by atoms with Crippen molar-refractivity contribution in [1.82, 2.24) is 20.4 Å². The second-order valence-electron chi connectivity index (χ2n) is 5.42. The lowest BCUT2D eigenvalue weighted by molar-refractivity contribution is 0.0953. The van der Waals surface area contributed by atoms with Crippen LogP contribution >= 0.6 is 12.4 Å². The van der Waals surface area contributed by atoms with Crippen molar-refractivity contribution in [3.63, 3.8) is 0 Å². The molecule has 2 heterocycles. The van der Waals surface area contributed by atoms with Crippen LogP contribution in [0.4, 0.5) is 0 Å². The van der Waals surface area contributed by atoms with E-state index in [1.807, 2.05) is 37.5 Å². The number of aromatic nitrogens is 2. The van der Waals surface area contributed by atoms with E-state index in [2.05, 4.69) is 22.7 Å². The molecule has 128 valence electrons.